The van der Waals surface area contributed by atoms with Crippen LogP contribution in [0.3, 0.4) is 0 Å². The predicted octanol–water partition coefficient (Wildman–Crippen LogP) is 7.60. The molecule has 2 unspecified atom stereocenters. The molecule has 2 rings (SSSR count). The highest BCUT2D eigenvalue weighted by molar-refractivity contribution is 6.32. The molecule has 0 aliphatic heterocycles. The monoisotopic (exact) mass is 388 g/mol. The molecule has 2 aromatic carbocycles. The number of hydrogen-bond donors (Lipinski definition) is 0. The molecule has 0 aliphatic carbocycles. The Hall–Kier alpha value is -1.67. The van der Waals surface area contributed by atoms with Crippen molar-refractivity contribution in [1.29, 1.82) is 0 Å². The van der Waals surface area contributed by atoms with Crippen LogP contribution in [0.2, 0.25) is 5.02 Å². The van der Waals surface area contributed by atoms with Gasteiger partial charge in [-0.25, -0.2) is 0 Å². The summed E-state index contributed by atoms with van der Waals surface area (Å²) in [6.07, 6.45) is 2.34. The number of ether oxygens (including phenoxy) is 2. The molecule has 2 atom stereocenters. The zero-order chi connectivity index (χ0) is 20.0. The third-order valence-electron chi connectivity index (χ3n) is 4.78. The van der Waals surface area contributed by atoms with Crippen molar-refractivity contribution < 1.29 is 9.47 Å². The lowest BCUT2D eigenvalue weighted by Gasteiger charge is -2.19. The fourth-order valence-corrected chi connectivity index (χ4v) is 3.21. The van der Waals surface area contributed by atoms with Gasteiger partial charge in [0.25, 0.3) is 0 Å². The summed E-state index contributed by atoms with van der Waals surface area (Å²) in [5.41, 5.74) is 2.59. The van der Waals surface area contributed by atoms with Crippen molar-refractivity contribution in [3.05, 3.63) is 58.6 Å². The summed E-state index contributed by atoms with van der Waals surface area (Å²) in [5.74, 6) is 2.68. The predicted molar refractivity (Wildman–Crippen MR) is 115 cm³/mol. The van der Waals surface area contributed by atoms with Crippen LogP contribution in [0.4, 0.5) is 0 Å². The number of halogens is 1. The van der Waals surface area contributed by atoms with Crippen molar-refractivity contribution in [2.45, 2.75) is 78.4 Å². The van der Waals surface area contributed by atoms with Gasteiger partial charge >= 0.3 is 0 Å². The lowest BCUT2D eigenvalue weighted by molar-refractivity contribution is 0.205. The highest BCUT2D eigenvalue weighted by atomic mass is 35.5. The minimum atomic E-state index is 0.114. The van der Waals surface area contributed by atoms with E-state index in [4.69, 9.17) is 21.1 Å². The minimum Gasteiger partial charge on any atom is -0.491 e. The van der Waals surface area contributed by atoms with Gasteiger partial charge in [-0.1, -0.05) is 50.6 Å². The molecule has 0 aliphatic rings. The first-order valence-electron chi connectivity index (χ1n) is 9.99. The van der Waals surface area contributed by atoms with Crippen LogP contribution in [0.1, 0.15) is 77.3 Å². The average Bonchev–Trinajstić information content (AvgIpc) is 2.61. The van der Waals surface area contributed by atoms with Crippen molar-refractivity contribution in [3.63, 3.8) is 0 Å². The first kappa shape index (κ1) is 21.6. The largest absolute Gasteiger partial charge is 0.491 e. The summed E-state index contributed by atoms with van der Waals surface area (Å²) in [6.45, 7) is 12.8. The normalized spacial score (nSPS) is 13.7. The maximum atomic E-state index is 6.25. The molecule has 0 amide bonds. The van der Waals surface area contributed by atoms with E-state index in [0.29, 0.717) is 16.9 Å². The summed E-state index contributed by atoms with van der Waals surface area (Å²) in [4.78, 5) is 0. The SMILES string of the molecule is CC(C)Oc1cc(C(C)CCC(C)Oc2ccc(C(C)C)cc2)ccc1Cl. The molecule has 0 spiro atoms. The Kier molecular flexibility index (Phi) is 8.04. The lowest BCUT2D eigenvalue weighted by Crippen LogP contribution is -2.13. The minimum absolute atomic E-state index is 0.114. The van der Waals surface area contributed by atoms with Crippen molar-refractivity contribution in [2.75, 3.05) is 0 Å². The highest BCUT2D eigenvalue weighted by Gasteiger charge is 2.13. The number of rotatable bonds is 9. The van der Waals surface area contributed by atoms with Crippen molar-refractivity contribution in [3.8, 4) is 11.5 Å². The molecule has 27 heavy (non-hydrogen) atoms. The zero-order valence-corrected chi connectivity index (χ0v) is 18.2. The van der Waals surface area contributed by atoms with Gasteiger partial charge < -0.3 is 9.47 Å². The van der Waals surface area contributed by atoms with Crippen LogP contribution < -0.4 is 9.47 Å². The van der Waals surface area contributed by atoms with E-state index in [0.717, 1.165) is 24.3 Å². The number of hydrogen-bond acceptors (Lipinski definition) is 2. The third kappa shape index (κ3) is 6.77. The number of benzene rings is 2. The van der Waals surface area contributed by atoms with E-state index in [-0.39, 0.29) is 12.2 Å². The summed E-state index contributed by atoms with van der Waals surface area (Å²) < 4.78 is 11.9. The van der Waals surface area contributed by atoms with Gasteiger partial charge in [-0.05, 0) is 80.8 Å². The fraction of sp³-hybridized carbons (Fsp3) is 0.500. The van der Waals surface area contributed by atoms with Gasteiger partial charge in [0.05, 0.1) is 17.2 Å². The van der Waals surface area contributed by atoms with E-state index in [9.17, 15) is 0 Å². The van der Waals surface area contributed by atoms with Gasteiger partial charge in [0.1, 0.15) is 11.5 Å². The molecule has 0 saturated carbocycles. The summed E-state index contributed by atoms with van der Waals surface area (Å²) in [7, 11) is 0. The van der Waals surface area contributed by atoms with Gasteiger partial charge in [0, 0.05) is 0 Å². The Balaban J connectivity index is 1.89. The van der Waals surface area contributed by atoms with Crippen LogP contribution >= 0.6 is 11.6 Å². The van der Waals surface area contributed by atoms with E-state index >= 15 is 0 Å². The molecule has 3 heteroatoms. The van der Waals surface area contributed by atoms with E-state index in [1.807, 2.05) is 19.9 Å². The standard InChI is InChI=1S/C24H33ClO2/c1-16(2)20-9-12-22(13-10-20)27-19(6)8-7-18(5)21-11-14-23(25)24(15-21)26-17(3)4/h9-19H,7-8H2,1-6H3. The van der Waals surface area contributed by atoms with Crippen molar-refractivity contribution in [1.82, 2.24) is 0 Å². The second kappa shape index (κ2) is 10.0. The third-order valence-corrected chi connectivity index (χ3v) is 5.09. The summed E-state index contributed by atoms with van der Waals surface area (Å²) in [5, 5.41) is 0.668. The molecule has 0 saturated heterocycles. The Morgan fingerprint density at radius 1 is 0.778 bits per heavy atom. The quantitative estimate of drug-likeness (QED) is 0.440. The van der Waals surface area contributed by atoms with E-state index in [1.54, 1.807) is 0 Å². The van der Waals surface area contributed by atoms with Gasteiger partial charge in [-0.2, -0.15) is 0 Å². The van der Waals surface area contributed by atoms with E-state index < -0.39 is 0 Å². The highest BCUT2D eigenvalue weighted by Crippen LogP contribution is 2.31. The second-order valence-corrected chi connectivity index (χ2v) is 8.39. The molecule has 148 valence electrons. The first-order valence-corrected chi connectivity index (χ1v) is 10.4. The Bertz CT molecular complexity index is 707. The molecule has 2 aromatic rings. The molecule has 0 bridgehead atoms. The molecular weight excluding hydrogens is 356 g/mol. The summed E-state index contributed by atoms with van der Waals surface area (Å²) >= 11 is 6.25. The zero-order valence-electron chi connectivity index (χ0n) is 17.5. The van der Waals surface area contributed by atoms with E-state index in [2.05, 4.69) is 64.1 Å². The Morgan fingerprint density at radius 2 is 1.41 bits per heavy atom. The molecule has 0 fully saturated rings. The summed E-state index contributed by atoms with van der Waals surface area (Å²) in [6, 6.07) is 14.5. The first-order chi connectivity index (χ1) is 12.8. The Morgan fingerprint density at radius 3 is 2.00 bits per heavy atom. The van der Waals surface area contributed by atoms with Crippen LogP contribution in [-0.2, 0) is 0 Å². The van der Waals surface area contributed by atoms with Gasteiger partial charge in [0.15, 0.2) is 0 Å². The van der Waals surface area contributed by atoms with Gasteiger partial charge in [-0.15, -0.1) is 0 Å². The van der Waals surface area contributed by atoms with Crippen LogP contribution in [0.5, 0.6) is 11.5 Å². The Labute approximate surface area is 169 Å². The second-order valence-electron chi connectivity index (χ2n) is 7.99. The molecule has 0 heterocycles. The molecule has 0 radical (unpaired) electrons. The van der Waals surface area contributed by atoms with Crippen molar-refractivity contribution >= 4 is 11.6 Å². The van der Waals surface area contributed by atoms with Crippen LogP contribution in [0, 0.1) is 0 Å². The molecular formula is C24H33ClO2. The molecule has 0 aromatic heterocycles. The van der Waals surface area contributed by atoms with Gasteiger partial charge in [-0.3, -0.25) is 0 Å². The fourth-order valence-electron chi connectivity index (χ4n) is 3.04. The van der Waals surface area contributed by atoms with Crippen LogP contribution in [0.25, 0.3) is 0 Å². The molecule has 2 nitrogen and oxygen atoms in total. The average molecular weight is 389 g/mol. The topological polar surface area (TPSA) is 18.5 Å². The molecule has 0 N–H and O–H groups in total. The van der Waals surface area contributed by atoms with Crippen LogP contribution in [-0.4, -0.2) is 12.2 Å². The smallest absolute Gasteiger partial charge is 0.138 e. The van der Waals surface area contributed by atoms with Crippen molar-refractivity contribution in [2.24, 2.45) is 0 Å². The van der Waals surface area contributed by atoms with Crippen LogP contribution in [0.15, 0.2) is 42.5 Å². The maximum Gasteiger partial charge on any atom is 0.138 e. The maximum absolute atomic E-state index is 6.25. The van der Waals surface area contributed by atoms with E-state index in [1.165, 1.54) is 11.1 Å². The lowest BCUT2D eigenvalue weighted by atomic mass is 9.95. The van der Waals surface area contributed by atoms with Gasteiger partial charge in [0.2, 0.25) is 0 Å².